The molecule has 1 aromatic carbocycles. The van der Waals surface area contributed by atoms with Gasteiger partial charge in [-0.3, -0.25) is 0 Å². The Balaban J connectivity index is 2.14. The van der Waals surface area contributed by atoms with Gasteiger partial charge in [0.05, 0.1) is 0 Å². The molecule has 0 bridgehead atoms. The molecule has 1 aliphatic heterocycles. The van der Waals surface area contributed by atoms with E-state index in [9.17, 15) is 0 Å². The molecule has 0 saturated carbocycles. The number of hydrogen-bond donors (Lipinski definition) is 0. The van der Waals surface area contributed by atoms with Crippen molar-refractivity contribution < 1.29 is 5.94 Å². The van der Waals surface area contributed by atoms with Gasteiger partial charge in [-0.15, -0.1) is 0 Å². The van der Waals surface area contributed by atoms with Crippen molar-refractivity contribution in [2.24, 2.45) is 7.05 Å². The number of aryl methyl sites for hydroxylation is 1. The van der Waals surface area contributed by atoms with Crippen LogP contribution in [0.25, 0.3) is 12.2 Å². The molecule has 0 aliphatic carbocycles. The summed E-state index contributed by atoms with van der Waals surface area (Å²) < 4.78 is 10.4. The van der Waals surface area contributed by atoms with Gasteiger partial charge in [0.2, 0.25) is 0 Å². The Labute approximate surface area is 128 Å². The standard InChI is InChI=1S/C18H22BN2/c1-14(2)15-9-10-20(3)18(11-15)19-12-16-7-5-6-8-17(16)13-21(19)4/h5-14H,1-4H3/q+1/i14D. The normalized spacial score (nSPS) is 15.0. The van der Waals surface area contributed by atoms with E-state index in [1.165, 1.54) is 16.0 Å². The van der Waals surface area contributed by atoms with Gasteiger partial charge in [0.1, 0.15) is 7.05 Å². The van der Waals surface area contributed by atoms with Crippen LogP contribution in [-0.2, 0) is 7.05 Å². The zero-order valence-electron chi connectivity index (χ0n) is 14.2. The Morgan fingerprint density at radius 2 is 1.90 bits per heavy atom. The summed E-state index contributed by atoms with van der Waals surface area (Å²) in [7, 11) is 4.17. The Morgan fingerprint density at radius 3 is 2.62 bits per heavy atom. The number of hydrogen-bond acceptors (Lipinski definition) is 1. The van der Waals surface area contributed by atoms with Crippen molar-refractivity contribution in [3.05, 3.63) is 58.6 Å². The number of pyridine rings is 1. The number of rotatable bonds is 2. The topological polar surface area (TPSA) is 7.12 Å². The van der Waals surface area contributed by atoms with Crippen molar-refractivity contribution >= 4 is 24.6 Å². The van der Waals surface area contributed by atoms with E-state index < -0.39 is 5.89 Å². The fourth-order valence-corrected chi connectivity index (χ4v) is 2.85. The number of aromatic nitrogens is 1. The smallest absolute Gasteiger partial charge is 0.396 e. The first-order valence-corrected chi connectivity index (χ1v) is 7.37. The van der Waals surface area contributed by atoms with Crippen LogP contribution in [-0.4, -0.2) is 18.7 Å². The molecule has 1 aliphatic rings. The highest BCUT2D eigenvalue weighted by Gasteiger charge is 2.29. The van der Waals surface area contributed by atoms with E-state index in [2.05, 4.69) is 72.2 Å². The predicted octanol–water partition coefficient (Wildman–Crippen LogP) is 0.536. The monoisotopic (exact) mass is 278 g/mol. The molecule has 0 radical (unpaired) electrons. The molecule has 0 unspecified atom stereocenters. The lowest BCUT2D eigenvalue weighted by atomic mass is 9.55. The highest BCUT2D eigenvalue weighted by atomic mass is 15.0. The van der Waals surface area contributed by atoms with E-state index in [1.54, 1.807) is 0 Å². The fraction of sp³-hybridized carbons (Fsp3) is 0.278. The second-order valence-electron chi connectivity index (χ2n) is 5.99. The average Bonchev–Trinajstić information content (AvgIpc) is 2.46. The SMILES string of the molecule is [2H]C(C)(C)c1cc[n+](C)c(B2C=c3ccccc3=CN2C)c1. The average molecular weight is 278 g/mol. The van der Waals surface area contributed by atoms with Crippen LogP contribution < -0.4 is 20.6 Å². The zero-order chi connectivity index (χ0) is 15.9. The number of nitrogens with zero attached hydrogens (tertiary/aromatic N) is 2. The Kier molecular flexibility index (Phi) is 3.26. The molecule has 106 valence electrons. The molecule has 2 aromatic rings. The van der Waals surface area contributed by atoms with Crippen LogP contribution in [0.1, 0.15) is 26.7 Å². The lowest BCUT2D eigenvalue weighted by Crippen LogP contribution is -2.61. The van der Waals surface area contributed by atoms with Crippen molar-refractivity contribution in [3.63, 3.8) is 0 Å². The van der Waals surface area contributed by atoms with Crippen LogP contribution >= 0.6 is 0 Å². The minimum Gasteiger partial charge on any atom is -0.411 e. The molecular formula is C18H22BN2+. The largest absolute Gasteiger partial charge is 0.411 e. The van der Waals surface area contributed by atoms with Crippen molar-refractivity contribution in [2.45, 2.75) is 19.7 Å². The molecule has 0 spiro atoms. The summed E-state index contributed by atoms with van der Waals surface area (Å²) in [5, 5.41) is 2.52. The summed E-state index contributed by atoms with van der Waals surface area (Å²) in [6.07, 6.45) is 4.25. The van der Waals surface area contributed by atoms with Gasteiger partial charge in [-0.05, 0) is 35.1 Å². The summed E-state index contributed by atoms with van der Waals surface area (Å²) in [4.78, 5) is 2.23. The second kappa shape index (κ2) is 5.40. The summed E-state index contributed by atoms with van der Waals surface area (Å²) in [6, 6.07) is 12.6. The maximum atomic E-state index is 8.28. The quantitative estimate of drug-likeness (QED) is 0.574. The number of fused-ring (bicyclic) bond motifs is 1. The molecule has 0 amide bonds. The van der Waals surface area contributed by atoms with Gasteiger partial charge in [-0.2, -0.15) is 0 Å². The van der Waals surface area contributed by atoms with Gasteiger partial charge in [0.15, 0.2) is 11.8 Å². The van der Waals surface area contributed by atoms with Gasteiger partial charge < -0.3 is 4.81 Å². The minimum atomic E-state index is -0.585. The molecular weight excluding hydrogens is 255 g/mol. The third-order valence-corrected chi connectivity index (χ3v) is 4.18. The molecule has 0 N–H and O–H groups in total. The third-order valence-electron chi connectivity index (χ3n) is 4.18. The molecule has 2 nitrogen and oxygen atoms in total. The lowest BCUT2D eigenvalue weighted by Gasteiger charge is -2.22. The van der Waals surface area contributed by atoms with E-state index in [-0.39, 0.29) is 6.85 Å². The summed E-state index contributed by atoms with van der Waals surface area (Å²) in [5.74, 6) is 1.71. The van der Waals surface area contributed by atoms with Crippen molar-refractivity contribution in [2.75, 3.05) is 7.05 Å². The van der Waals surface area contributed by atoms with Crippen molar-refractivity contribution in [1.29, 1.82) is 0 Å². The van der Waals surface area contributed by atoms with Crippen LogP contribution in [0.5, 0.6) is 0 Å². The molecule has 3 heteroatoms. The fourth-order valence-electron chi connectivity index (χ4n) is 2.85. The Bertz CT molecular complexity index is 824. The van der Waals surface area contributed by atoms with Gasteiger partial charge >= 0.3 is 6.85 Å². The molecule has 0 fully saturated rings. The van der Waals surface area contributed by atoms with Crippen LogP contribution in [0.4, 0.5) is 0 Å². The van der Waals surface area contributed by atoms with Gasteiger partial charge in [-0.25, -0.2) is 4.57 Å². The summed E-state index contributed by atoms with van der Waals surface area (Å²) in [6.45, 7) is 4.05. The molecule has 0 saturated heterocycles. The first-order valence-electron chi connectivity index (χ1n) is 7.87. The van der Waals surface area contributed by atoms with Crippen LogP contribution in [0.3, 0.4) is 0 Å². The summed E-state index contributed by atoms with van der Waals surface area (Å²) >= 11 is 0. The lowest BCUT2D eigenvalue weighted by molar-refractivity contribution is -0.654. The van der Waals surface area contributed by atoms with E-state index in [0.29, 0.717) is 0 Å². The third kappa shape index (κ3) is 2.60. The van der Waals surface area contributed by atoms with Gasteiger partial charge in [0.25, 0.3) is 0 Å². The zero-order valence-corrected chi connectivity index (χ0v) is 13.2. The highest BCUT2D eigenvalue weighted by Crippen LogP contribution is 2.11. The molecule has 2 heterocycles. The molecule has 21 heavy (non-hydrogen) atoms. The molecule has 1 aromatic heterocycles. The van der Waals surface area contributed by atoms with E-state index in [1.807, 2.05) is 19.9 Å². The van der Waals surface area contributed by atoms with Gasteiger partial charge in [0, 0.05) is 13.5 Å². The maximum absolute atomic E-state index is 8.28. The Morgan fingerprint density at radius 1 is 1.19 bits per heavy atom. The number of benzene rings is 1. The van der Waals surface area contributed by atoms with E-state index >= 15 is 0 Å². The predicted molar refractivity (Wildman–Crippen MR) is 89.5 cm³/mol. The maximum Gasteiger partial charge on any atom is 0.396 e. The molecule has 0 atom stereocenters. The molecule has 3 rings (SSSR count). The van der Waals surface area contributed by atoms with E-state index in [4.69, 9.17) is 1.37 Å². The van der Waals surface area contributed by atoms with Crippen LogP contribution in [0, 0.1) is 0 Å². The van der Waals surface area contributed by atoms with Crippen molar-refractivity contribution in [1.82, 2.24) is 4.81 Å². The summed E-state index contributed by atoms with van der Waals surface area (Å²) in [5.41, 5.74) is 2.24. The minimum absolute atomic E-state index is 0.183. The van der Waals surface area contributed by atoms with Crippen LogP contribution in [0.2, 0.25) is 0 Å². The van der Waals surface area contributed by atoms with E-state index in [0.717, 1.165) is 5.56 Å². The highest BCUT2D eigenvalue weighted by molar-refractivity contribution is 6.82. The van der Waals surface area contributed by atoms with Gasteiger partial charge in [-0.1, -0.05) is 44.1 Å². The second-order valence-corrected chi connectivity index (χ2v) is 5.99. The first kappa shape index (κ1) is 12.7. The van der Waals surface area contributed by atoms with Crippen molar-refractivity contribution in [3.8, 4) is 0 Å². The Hall–Kier alpha value is -2.03. The first-order chi connectivity index (χ1) is 10.4. The van der Waals surface area contributed by atoms with Crippen LogP contribution in [0.15, 0.2) is 42.6 Å².